The van der Waals surface area contributed by atoms with Crippen LogP contribution in [-0.4, -0.2) is 45.4 Å². The van der Waals surface area contributed by atoms with Crippen molar-refractivity contribution >= 4 is 15.9 Å². The van der Waals surface area contributed by atoms with Gasteiger partial charge in [-0.1, -0.05) is 26.0 Å². The average molecular weight is 421 g/mol. The van der Waals surface area contributed by atoms with Gasteiger partial charge in [-0.3, -0.25) is 4.79 Å². The zero-order valence-corrected chi connectivity index (χ0v) is 18.0. The maximum atomic E-state index is 12.5. The number of sulfonamides is 1. The molecule has 0 saturated carbocycles. The van der Waals surface area contributed by atoms with E-state index in [1.807, 2.05) is 31.2 Å². The molecule has 2 aromatic carbocycles. The van der Waals surface area contributed by atoms with Gasteiger partial charge in [0.2, 0.25) is 10.0 Å². The summed E-state index contributed by atoms with van der Waals surface area (Å²) in [6.07, 6.45) is 0. The van der Waals surface area contributed by atoms with E-state index in [-0.39, 0.29) is 23.5 Å². The van der Waals surface area contributed by atoms with Gasteiger partial charge in [-0.2, -0.15) is 4.31 Å². The second kappa shape index (κ2) is 10.3. The quantitative estimate of drug-likeness (QED) is 0.639. The Balaban J connectivity index is 1.91. The smallest absolute Gasteiger partial charge is 0.258 e. The minimum atomic E-state index is -3.51. The van der Waals surface area contributed by atoms with E-state index < -0.39 is 10.0 Å². The molecule has 29 heavy (non-hydrogen) atoms. The summed E-state index contributed by atoms with van der Waals surface area (Å²) in [6.45, 7) is 6.12. The molecule has 0 aliphatic rings. The molecule has 0 saturated heterocycles. The van der Waals surface area contributed by atoms with Crippen molar-refractivity contribution in [3.05, 3.63) is 54.1 Å². The van der Waals surface area contributed by atoms with Crippen molar-refractivity contribution < 1.29 is 22.7 Å². The van der Waals surface area contributed by atoms with Crippen LogP contribution in [0.4, 0.5) is 0 Å². The maximum absolute atomic E-state index is 12.5. The Morgan fingerprint density at radius 1 is 1.00 bits per heavy atom. The normalized spacial score (nSPS) is 12.4. The molecule has 2 aromatic rings. The molecule has 0 spiro atoms. The Bertz CT molecular complexity index is 892. The highest BCUT2D eigenvalue weighted by atomic mass is 32.2. The van der Waals surface area contributed by atoms with E-state index in [1.165, 1.54) is 16.4 Å². The molecule has 0 bridgehead atoms. The van der Waals surface area contributed by atoms with Crippen molar-refractivity contribution in [1.82, 2.24) is 9.62 Å². The molecule has 1 N–H and O–H groups in total. The van der Waals surface area contributed by atoms with Gasteiger partial charge in [0, 0.05) is 13.1 Å². The number of hydrogen-bond acceptors (Lipinski definition) is 5. The highest BCUT2D eigenvalue weighted by molar-refractivity contribution is 7.89. The zero-order valence-electron chi connectivity index (χ0n) is 17.2. The average Bonchev–Trinajstić information content (AvgIpc) is 2.73. The molecule has 0 fully saturated rings. The topological polar surface area (TPSA) is 84.9 Å². The van der Waals surface area contributed by atoms with Crippen molar-refractivity contribution in [1.29, 1.82) is 0 Å². The van der Waals surface area contributed by atoms with Gasteiger partial charge in [-0.15, -0.1) is 0 Å². The SMILES string of the molecule is CCN(CC)S(=O)(=O)c1ccc(OCC(=O)NC(C)c2ccc(OC)cc2)cc1. The number of nitrogens with zero attached hydrogens (tertiary/aromatic N) is 1. The fourth-order valence-electron chi connectivity index (χ4n) is 2.83. The lowest BCUT2D eigenvalue weighted by Gasteiger charge is -2.18. The number of hydrogen-bond donors (Lipinski definition) is 1. The van der Waals surface area contributed by atoms with Crippen LogP contribution >= 0.6 is 0 Å². The lowest BCUT2D eigenvalue weighted by atomic mass is 10.1. The summed E-state index contributed by atoms with van der Waals surface area (Å²) >= 11 is 0. The van der Waals surface area contributed by atoms with Gasteiger partial charge >= 0.3 is 0 Å². The third-order valence-corrected chi connectivity index (χ3v) is 6.59. The number of ether oxygens (including phenoxy) is 2. The standard InChI is InChI=1S/C21H28N2O5S/c1-5-23(6-2)29(25,26)20-13-11-19(12-14-20)28-15-21(24)22-16(3)17-7-9-18(27-4)10-8-17/h7-14,16H,5-6,15H2,1-4H3,(H,22,24). The molecule has 8 heteroatoms. The predicted molar refractivity (Wildman–Crippen MR) is 112 cm³/mol. The Morgan fingerprint density at radius 3 is 2.07 bits per heavy atom. The first kappa shape index (κ1) is 22.7. The van der Waals surface area contributed by atoms with Crippen LogP contribution in [-0.2, 0) is 14.8 Å². The largest absolute Gasteiger partial charge is 0.497 e. The van der Waals surface area contributed by atoms with Gasteiger partial charge in [0.25, 0.3) is 5.91 Å². The van der Waals surface area contributed by atoms with E-state index >= 15 is 0 Å². The summed E-state index contributed by atoms with van der Waals surface area (Å²) < 4.78 is 37.0. The van der Waals surface area contributed by atoms with E-state index in [4.69, 9.17) is 9.47 Å². The van der Waals surface area contributed by atoms with Crippen molar-refractivity contribution in [3.8, 4) is 11.5 Å². The van der Waals surface area contributed by atoms with E-state index in [0.29, 0.717) is 18.8 Å². The molecule has 0 aromatic heterocycles. The summed E-state index contributed by atoms with van der Waals surface area (Å²) in [7, 11) is -1.91. The minimum absolute atomic E-state index is 0.164. The van der Waals surface area contributed by atoms with Gasteiger partial charge in [-0.25, -0.2) is 8.42 Å². The van der Waals surface area contributed by atoms with Crippen molar-refractivity contribution in [2.45, 2.75) is 31.7 Å². The Kier molecular flexibility index (Phi) is 8.04. The summed E-state index contributed by atoms with van der Waals surface area (Å²) in [5, 5.41) is 2.86. The predicted octanol–water partition coefficient (Wildman–Crippen LogP) is 2.98. The molecule has 0 radical (unpaired) electrons. The molecular weight excluding hydrogens is 392 g/mol. The fraction of sp³-hybridized carbons (Fsp3) is 0.381. The monoisotopic (exact) mass is 420 g/mol. The number of carbonyl (C=O) groups excluding carboxylic acids is 1. The van der Waals surface area contributed by atoms with Crippen molar-refractivity contribution in [2.75, 3.05) is 26.8 Å². The molecule has 7 nitrogen and oxygen atoms in total. The van der Waals surface area contributed by atoms with Crippen molar-refractivity contribution in [2.24, 2.45) is 0 Å². The summed E-state index contributed by atoms with van der Waals surface area (Å²) in [5.74, 6) is 0.908. The van der Waals surface area contributed by atoms with Gasteiger partial charge in [0.1, 0.15) is 11.5 Å². The molecular formula is C21H28N2O5S. The van der Waals surface area contributed by atoms with Crippen LogP contribution < -0.4 is 14.8 Å². The third-order valence-electron chi connectivity index (χ3n) is 4.53. The van der Waals surface area contributed by atoms with E-state index in [2.05, 4.69) is 5.32 Å². The summed E-state index contributed by atoms with van der Waals surface area (Å²) in [4.78, 5) is 12.4. The Hall–Kier alpha value is -2.58. The lowest BCUT2D eigenvalue weighted by molar-refractivity contribution is -0.123. The van der Waals surface area contributed by atoms with Gasteiger partial charge < -0.3 is 14.8 Å². The number of nitrogens with one attached hydrogen (secondary N) is 1. The first-order valence-electron chi connectivity index (χ1n) is 9.48. The number of rotatable bonds is 10. The molecule has 158 valence electrons. The lowest BCUT2D eigenvalue weighted by Crippen LogP contribution is -2.31. The molecule has 2 rings (SSSR count). The highest BCUT2D eigenvalue weighted by Gasteiger charge is 2.21. The summed E-state index contributed by atoms with van der Waals surface area (Å²) in [5.41, 5.74) is 0.949. The zero-order chi connectivity index (χ0) is 21.4. The second-order valence-electron chi connectivity index (χ2n) is 6.41. The maximum Gasteiger partial charge on any atom is 0.258 e. The fourth-order valence-corrected chi connectivity index (χ4v) is 4.29. The number of benzene rings is 2. The molecule has 1 unspecified atom stereocenters. The highest BCUT2D eigenvalue weighted by Crippen LogP contribution is 2.20. The van der Waals surface area contributed by atoms with E-state index in [1.54, 1.807) is 33.1 Å². The molecule has 0 aliphatic heterocycles. The number of methoxy groups -OCH3 is 1. The summed E-state index contributed by atoms with van der Waals surface area (Å²) in [6, 6.07) is 13.3. The Morgan fingerprint density at radius 2 is 1.55 bits per heavy atom. The second-order valence-corrected chi connectivity index (χ2v) is 8.35. The molecule has 1 atom stereocenters. The van der Waals surface area contributed by atoms with Gasteiger partial charge in [0.05, 0.1) is 18.0 Å². The van der Waals surface area contributed by atoms with Crippen molar-refractivity contribution in [3.63, 3.8) is 0 Å². The van der Waals surface area contributed by atoms with Crippen LogP contribution in [0, 0.1) is 0 Å². The Labute approximate surface area is 172 Å². The van der Waals surface area contributed by atoms with Crippen LogP contribution in [0.15, 0.2) is 53.4 Å². The molecule has 0 aliphatic carbocycles. The van der Waals surface area contributed by atoms with Crippen LogP contribution in [0.5, 0.6) is 11.5 Å². The van der Waals surface area contributed by atoms with Gasteiger partial charge in [0.15, 0.2) is 6.61 Å². The molecule has 1 amide bonds. The molecule has 0 heterocycles. The van der Waals surface area contributed by atoms with Gasteiger partial charge in [-0.05, 0) is 48.9 Å². The minimum Gasteiger partial charge on any atom is -0.497 e. The third kappa shape index (κ3) is 5.95. The van der Waals surface area contributed by atoms with E-state index in [0.717, 1.165) is 11.3 Å². The first-order valence-corrected chi connectivity index (χ1v) is 10.9. The van der Waals surface area contributed by atoms with Crippen LogP contribution in [0.1, 0.15) is 32.4 Å². The van der Waals surface area contributed by atoms with Crippen LogP contribution in [0.25, 0.3) is 0 Å². The number of amides is 1. The first-order chi connectivity index (χ1) is 13.8. The van der Waals surface area contributed by atoms with E-state index in [9.17, 15) is 13.2 Å². The number of carbonyl (C=O) groups is 1. The van der Waals surface area contributed by atoms with Crippen LogP contribution in [0.2, 0.25) is 0 Å². The van der Waals surface area contributed by atoms with Crippen LogP contribution in [0.3, 0.4) is 0 Å².